The van der Waals surface area contributed by atoms with Gasteiger partial charge in [0.1, 0.15) is 5.82 Å². The van der Waals surface area contributed by atoms with Gasteiger partial charge in [0.2, 0.25) is 10.0 Å². The molecular weight excluding hydrogens is 297 g/mol. The molecule has 1 aromatic rings. The van der Waals surface area contributed by atoms with Gasteiger partial charge in [-0.15, -0.1) is 0 Å². The Labute approximate surface area is 123 Å². The number of nitrogens with zero attached hydrogens (tertiary/aromatic N) is 1. The molecule has 0 aromatic heterocycles. The molecule has 0 bridgehead atoms. The maximum absolute atomic E-state index is 13.1. The molecule has 0 aliphatic carbocycles. The van der Waals surface area contributed by atoms with Crippen LogP contribution in [0.5, 0.6) is 0 Å². The smallest absolute Gasteiger partial charge is 0.307 e. The molecule has 5 nitrogen and oxygen atoms in total. The zero-order valence-electron chi connectivity index (χ0n) is 11.7. The molecule has 1 N–H and O–H groups in total. The number of piperidine rings is 1. The number of aliphatic carboxylic acids is 1. The highest BCUT2D eigenvalue weighted by molar-refractivity contribution is 7.88. The van der Waals surface area contributed by atoms with Gasteiger partial charge < -0.3 is 5.11 Å². The van der Waals surface area contributed by atoms with Crippen molar-refractivity contribution < 1.29 is 22.7 Å². The van der Waals surface area contributed by atoms with Gasteiger partial charge in [-0.05, 0) is 37.5 Å². The molecule has 2 atom stereocenters. The third-order valence-electron chi connectivity index (χ3n) is 3.77. The van der Waals surface area contributed by atoms with Crippen LogP contribution in [-0.2, 0) is 20.6 Å². The molecule has 21 heavy (non-hydrogen) atoms. The summed E-state index contributed by atoms with van der Waals surface area (Å²) in [5, 5.41) is 9.06. The summed E-state index contributed by atoms with van der Waals surface area (Å²) in [4.78, 5) is 11.1. The van der Waals surface area contributed by atoms with Crippen molar-refractivity contribution in [1.29, 1.82) is 0 Å². The van der Waals surface area contributed by atoms with Crippen LogP contribution in [0.25, 0.3) is 0 Å². The van der Waals surface area contributed by atoms with E-state index in [1.54, 1.807) is 13.0 Å². The molecule has 2 rings (SSSR count). The Kier molecular flexibility index (Phi) is 4.63. The van der Waals surface area contributed by atoms with Crippen molar-refractivity contribution in [3.05, 3.63) is 35.6 Å². The van der Waals surface area contributed by atoms with E-state index in [0.717, 1.165) is 0 Å². The first kappa shape index (κ1) is 15.9. The van der Waals surface area contributed by atoms with E-state index < -0.39 is 27.7 Å². The molecule has 116 valence electrons. The van der Waals surface area contributed by atoms with Gasteiger partial charge in [0.15, 0.2) is 0 Å². The Hall–Kier alpha value is -1.47. The Morgan fingerprint density at radius 2 is 2.14 bits per heavy atom. The molecule has 1 aliphatic rings. The normalized spacial score (nSPS) is 23.9. The number of carboxylic acid groups (broad SMARTS) is 1. The van der Waals surface area contributed by atoms with Crippen LogP contribution in [-0.4, -0.2) is 36.4 Å². The van der Waals surface area contributed by atoms with E-state index in [0.29, 0.717) is 18.4 Å². The van der Waals surface area contributed by atoms with Crippen LogP contribution in [0.3, 0.4) is 0 Å². The van der Waals surface area contributed by atoms with E-state index in [4.69, 9.17) is 5.11 Å². The van der Waals surface area contributed by atoms with Gasteiger partial charge in [0, 0.05) is 12.6 Å². The van der Waals surface area contributed by atoms with E-state index in [1.807, 2.05) is 0 Å². The average Bonchev–Trinajstić information content (AvgIpc) is 2.38. The lowest BCUT2D eigenvalue weighted by Gasteiger charge is -2.35. The highest BCUT2D eigenvalue weighted by atomic mass is 32.2. The summed E-state index contributed by atoms with van der Waals surface area (Å²) in [5.74, 6) is -2.46. The first-order chi connectivity index (χ1) is 9.79. The van der Waals surface area contributed by atoms with Crippen LogP contribution in [0.15, 0.2) is 24.3 Å². The van der Waals surface area contributed by atoms with Gasteiger partial charge in [-0.2, -0.15) is 4.31 Å². The molecule has 0 amide bonds. The largest absolute Gasteiger partial charge is 0.481 e. The minimum atomic E-state index is -3.67. The number of hydrogen-bond donors (Lipinski definition) is 1. The monoisotopic (exact) mass is 315 g/mol. The standard InChI is InChI=1S/C14H18FNO4S/c1-10-5-6-12(14(17)18)8-16(10)21(19,20)9-11-3-2-4-13(15)7-11/h2-4,7,10,12H,5-6,8-9H2,1H3,(H,17,18). The summed E-state index contributed by atoms with van der Waals surface area (Å²) in [7, 11) is -3.67. The number of hydrogen-bond acceptors (Lipinski definition) is 3. The van der Waals surface area contributed by atoms with Crippen LogP contribution in [0.4, 0.5) is 4.39 Å². The molecule has 0 spiro atoms. The van der Waals surface area contributed by atoms with Crippen molar-refractivity contribution in [3.63, 3.8) is 0 Å². The second-order valence-electron chi connectivity index (χ2n) is 5.42. The van der Waals surface area contributed by atoms with Crippen LogP contribution in [0, 0.1) is 11.7 Å². The highest BCUT2D eigenvalue weighted by Gasteiger charge is 2.36. The number of sulfonamides is 1. The van der Waals surface area contributed by atoms with E-state index in [9.17, 15) is 17.6 Å². The first-order valence-electron chi connectivity index (χ1n) is 6.76. The minimum Gasteiger partial charge on any atom is -0.481 e. The Balaban J connectivity index is 2.19. The van der Waals surface area contributed by atoms with Gasteiger partial charge in [-0.1, -0.05) is 12.1 Å². The lowest BCUT2D eigenvalue weighted by molar-refractivity contribution is -0.143. The zero-order valence-corrected chi connectivity index (χ0v) is 12.5. The van der Waals surface area contributed by atoms with Crippen molar-refractivity contribution in [2.45, 2.75) is 31.6 Å². The van der Waals surface area contributed by atoms with Gasteiger partial charge in [-0.3, -0.25) is 4.79 Å². The lowest BCUT2D eigenvalue weighted by Crippen LogP contribution is -2.47. The summed E-state index contributed by atoms with van der Waals surface area (Å²) >= 11 is 0. The first-order valence-corrected chi connectivity index (χ1v) is 8.37. The van der Waals surface area contributed by atoms with Crippen LogP contribution < -0.4 is 0 Å². The van der Waals surface area contributed by atoms with E-state index in [1.165, 1.54) is 22.5 Å². The third kappa shape index (κ3) is 3.79. The van der Waals surface area contributed by atoms with E-state index in [-0.39, 0.29) is 18.3 Å². The number of rotatable bonds is 4. The van der Waals surface area contributed by atoms with Crippen molar-refractivity contribution >= 4 is 16.0 Å². The fourth-order valence-electron chi connectivity index (χ4n) is 2.58. The topological polar surface area (TPSA) is 74.7 Å². The quantitative estimate of drug-likeness (QED) is 0.920. The number of carboxylic acids is 1. The Morgan fingerprint density at radius 3 is 2.76 bits per heavy atom. The highest BCUT2D eigenvalue weighted by Crippen LogP contribution is 2.26. The van der Waals surface area contributed by atoms with Gasteiger partial charge in [0.05, 0.1) is 11.7 Å². The molecule has 1 fully saturated rings. The van der Waals surface area contributed by atoms with Crippen molar-refractivity contribution in [2.75, 3.05) is 6.54 Å². The molecule has 1 aliphatic heterocycles. The summed E-state index contributed by atoms with van der Waals surface area (Å²) in [6.45, 7) is 1.75. The second-order valence-corrected chi connectivity index (χ2v) is 7.34. The minimum absolute atomic E-state index is 0.0197. The van der Waals surface area contributed by atoms with Crippen molar-refractivity contribution in [3.8, 4) is 0 Å². The van der Waals surface area contributed by atoms with Gasteiger partial charge >= 0.3 is 5.97 Å². The van der Waals surface area contributed by atoms with E-state index in [2.05, 4.69) is 0 Å². The molecule has 1 heterocycles. The Morgan fingerprint density at radius 1 is 1.43 bits per heavy atom. The molecule has 0 saturated carbocycles. The third-order valence-corrected chi connectivity index (χ3v) is 5.69. The van der Waals surface area contributed by atoms with E-state index >= 15 is 0 Å². The van der Waals surface area contributed by atoms with Crippen molar-refractivity contribution in [2.24, 2.45) is 5.92 Å². The molecule has 2 unspecified atom stereocenters. The molecule has 7 heteroatoms. The summed E-state index contributed by atoms with van der Waals surface area (Å²) in [6, 6.07) is 5.20. The summed E-state index contributed by atoms with van der Waals surface area (Å²) in [5.41, 5.74) is 0.361. The van der Waals surface area contributed by atoms with Crippen LogP contribution in [0.2, 0.25) is 0 Å². The van der Waals surface area contributed by atoms with Crippen molar-refractivity contribution in [1.82, 2.24) is 4.31 Å². The fourth-order valence-corrected chi connectivity index (χ4v) is 4.41. The maximum Gasteiger partial charge on any atom is 0.307 e. The number of benzene rings is 1. The SMILES string of the molecule is CC1CCC(C(=O)O)CN1S(=O)(=O)Cc1cccc(F)c1. The maximum atomic E-state index is 13.1. The van der Waals surface area contributed by atoms with Crippen LogP contribution in [0.1, 0.15) is 25.3 Å². The predicted molar refractivity (Wildman–Crippen MR) is 75.6 cm³/mol. The summed E-state index contributed by atoms with van der Waals surface area (Å²) in [6.07, 6.45) is 0.988. The molecule has 0 radical (unpaired) electrons. The molecule has 1 saturated heterocycles. The predicted octanol–water partition coefficient (Wildman–Crippen LogP) is 1.84. The molecule has 1 aromatic carbocycles. The van der Waals surface area contributed by atoms with Gasteiger partial charge in [0.25, 0.3) is 0 Å². The number of halogens is 1. The number of carbonyl (C=O) groups is 1. The molecular formula is C14H18FNO4S. The zero-order chi connectivity index (χ0) is 15.6. The average molecular weight is 315 g/mol. The van der Waals surface area contributed by atoms with Crippen LogP contribution >= 0.6 is 0 Å². The summed E-state index contributed by atoms with van der Waals surface area (Å²) < 4.78 is 39.3. The Bertz CT molecular complexity index is 632. The lowest BCUT2D eigenvalue weighted by atomic mass is 9.96. The van der Waals surface area contributed by atoms with Gasteiger partial charge in [-0.25, -0.2) is 12.8 Å². The second kappa shape index (κ2) is 6.11. The fraction of sp³-hybridized carbons (Fsp3) is 0.500.